The van der Waals surface area contributed by atoms with Gasteiger partial charge >= 0.3 is 0 Å². The molecule has 2 rings (SSSR count). The second-order valence-corrected chi connectivity index (χ2v) is 4.71. The van der Waals surface area contributed by atoms with Gasteiger partial charge in [0.15, 0.2) is 5.76 Å². The fraction of sp³-hybridized carbons (Fsp3) is 0.438. The third-order valence-corrected chi connectivity index (χ3v) is 3.06. The highest BCUT2D eigenvalue weighted by Crippen LogP contribution is 2.19. The van der Waals surface area contributed by atoms with E-state index in [2.05, 4.69) is 30.4 Å². The molecule has 1 aromatic carbocycles. The maximum atomic E-state index is 5.80. The first-order valence-corrected chi connectivity index (χ1v) is 7.19. The monoisotopic (exact) mass is 274 g/mol. The van der Waals surface area contributed by atoms with Gasteiger partial charge in [0.2, 0.25) is 0 Å². The average molecular weight is 274 g/mol. The van der Waals surface area contributed by atoms with Crippen molar-refractivity contribution < 1.29 is 9.26 Å². The first-order chi connectivity index (χ1) is 9.83. The Labute approximate surface area is 120 Å². The van der Waals surface area contributed by atoms with Crippen LogP contribution in [0.15, 0.2) is 34.9 Å². The van der Waals surface area contributed by atoms with E-state index in [0.29, 0.717) is 6.61 Å². The van der Waals surface area contributed by atoms with E-state index in [1.54, 1.807) is 0 Å². The van der Waals surface area contributed by atoms with Crippen LogP contribution in [0.4, 0.5) is 0 Å². The minimum atomic E-state index is 0.414. The Morgan fingerprint density at radius 3 is 2.90 bits per heavy atom. The lowest BCUT2D eigenvalue weighted by molar-refractivity contribution is 0.246. The fourth-order valence-corrected chi connectivity index (χ4v) is 1.99. The maximum absolute atomic E-state index is 5.80. The topological polar surface area (TPSA) is 47.3 Å². The number of benzene rings is 1. The Morgan fingerprint density at radius 1 is 1.25 bits per heavy atom. The molecule has 0 spiro atoms. The molecule has 0 saturated carbocycles. The highest BCUT2D eigenvalue weighted by molar-refractivity contribution is 5.33. The Bertz CT molecular complexity index is 523. The molecular formula is C16H22N2O2. The van der Waals surface area contributed by atoms with Crippen molar-refractivity contribution in [2.24, 2.45) is 0 Å². The number of hydrogen-bond donors (Lipinski definition) is 1. The highest BCUT2D eigenvalue weighted by Gasteiger charge is 2.06. The van der Waals surface area contributed by atoms with Crippen LogP contribution in [0.25, 0.3) is 0 Å². The molecule has 0 radical (unpaired) electrons. The lowest BCUT2D eigenvalue weighted by atomic mass is 10.1. The van der Waals surface area contributed by atoms with Gasteiger partial charge in [0.1, 0.15) is 12.4 Å². The molecule has 1 aromatic heterocycles. The molecule has 1 N–H and O–H groups in total. The van der Waals surface area contributed by atoms with Gasteiger partial charge < -0.3 is 14.6 Å². The van der Waals surface area contributed by atoms with E-state index in [4.69, 9.17) is 9.26 Å². The van der Waals surface area contributed by atoms with E-state index in [9.17, 15) is 0 Å². The first kappa shape index (κ1) is 14.6. The normalized spacial score (nSPS) is 10.7. The van der Waals surface area contributed by atoms with E-state index in [1.807, 2.05) is 24.3 Å². The average Bonchev–Trinajstić information content (AvgIpc) is 2.93. The molecule has 2 aromatic rings. The number of hydrogen-bond acceptors (Lipinski definition) is 4. The van der Waals surface area contributed by atoms with E-state index >= 15 is 0 Å². The second-order valence-electron chi connectivity index (χ2n) is 4.71. The molecule has 4 nitrogen and oxygen atoms in total. The SMILES string of the molecule is CCCNCc1cc(COc2ccccc2CC)on1. The van der Waals surface area contributed by atoms with Gasteiger partial charge in [0.05, 0.1) is 5.69 Å². The molecule has 0 aliphatic carbocycles. The largest absolute Gasteiger partial charge is 0.485 e. The minimum Gasteiger partial charge on any atom is -0.485 e. The number of nitrogens with one attached hydrogen (secondary N) is 1. The van der Waals surface area contributed by atoms with Crippen LogP contribution in [0.3, 0.4) is 0 Å². The highest BCUT2D eigenvalue weighted by atomic mass is 16.5. The summed E-state index contributed by atoms with van der Waals surface area (Å²) in [5, 5.41) is 7.32. The molecule has 0 aliphatic heterocycles. The van der Waals surface area contributed by atoms with Crippen molar-refractivity contribution in [1.82, 2.24) is 10.5 Å². The van der Waals surface area contributed by atoms with Gasteiger partial charge in [-0.25, -0.2) is 0 Å². The summed E-state index contributed by atoms with van der Waals surface area (Å²) >= 11 is 0. The Kier molecular flexibility index (Phi) is 5.62. The van der Waals surface area contributed by atoms with Crippen molar-refractivity contribution in [1.29, 1.82) is 0 Å². The molecule has 0 bridgehead atoms. The van der Waals surface area contributed by atoms with Crippen LogP contribution in [0.5, 0.6) is 5.75 Å². The van der Waals surface area contributed by atoms with Crippen molar-refractivity contribution in [3.8, 4) is 5.75 Å². The van der Waals surface area contributed by atoms with Crippen LogP contribution in [-0.4, -0.2) is 11.7 Å². The zero-order chi connectivity index (χ0) is 14.2. The fourth-order valence-electron chi connectivity index (χ4n) is 1.99. The lowest BCUT2D eigenvalue weighted by Gasteiger charge is -2.08. The van der Waals surface area contributed by atoms with Crippen molar-refractivity contribution in [2.45, 2.75) is 39.8 Å². The van der Waals surface area contributed by atoms with Gasteiger partial charge in [0, 0.05) is 12.6 Å². The predicted molar refractivity (Wildman–Crippen MR) is 78.7 cm³/mol. The molecule has 0 aliphatic rings. The first-order valence-electron chi connectivity index (χ1n) is 7.19. The van der Waals surface area contributed by atoms with Gasteiger partial charge in [-0.3, -0.25) is 0 Å². The zero-order valence-corrected chi connectivity index (χ0v) is 12.2. The summed E-state index contributed by atoms with van der Waals surface area (Å²) in [5.41, 5.74) is 2.12. The lowest BCUT2D eigenvalue weighted by Crippen LogP contribution is -2.13. The summed E-state index contributed by atoms with van der Waals surface area (Å²) in [5.74, 6) is 1.67. The minimum absolute atomic E-state index is 0.414. The van der Waals surface area contributed by atoms with Gasteiger partial charge in [-0.2, -0.15) is 0 Å². The van der Waals surface area contributed by atoms with Crippen molar-refractivity contribution >= 4 is 0 Å². The number of nitrogens with zero attached hydrogens (tertiary/aromatic N) is 1. The van der Waals surface area contributed by atoms with Crippen molar-refractivity contribution in [2.75, 3.05) is 6.54 Å². The molecule has 0 amide bonds. The van der Waals surface area contributed by atoms with Crippen molar-refractivity contribution in [3.05, 3.63) is 47.3 Å². The molecule has 1 heterocycles. The van der Waals surface area contributed by atoms with E-state index in [0.717, 1.165) is 43.1 Å². The molecule has 0 fully saturated rings. The Hall–Kier alpha value is -1.81. The number of aryl methyl sites for hydroxylation is 1. The summed E-state index contributed by atoms with van der Waals surface area (Å²) < 4.78 is 11.1. The van der Waals surface area contributed by atoms with E-state index in [1.165, 1.54) is 5.56 Å². The summed E-state index contributed by atoms with van der Waals surface area (Å²) in [4.78, 5) is 0. The summed E-state index contributed by atoms with van der Waals surface area (Å²) in [7, 11) is 0. The van der Waals surface area contributed by atoms with Crippen LogP contribution in [0.2, 0.25) is 0 Å². The van der Waals surface area contributed by atoms with E-state index < -0.39 is 0 Å². The third-order valence-electron chi connectivity index (χ3n) is 3.06. The molecule has 108 valence electrons. The standard InChI is InChI=1S/C16H22N2O2/c1-3-9-17-11-14-10-15(20-18-14)12-19-16-8-6-5-7-13(16)4-2/h5-8,10,17H,3-4,9,11-12H2,1-2H3. The van der Waals surface area contributed by atoms with Crippen molar-refractivity contribution in [3.63, 3.8) is 0 Å². The number of aromatic nitrogens is 1. The molecule has 0 saturated heterocycles. The molecular weight excluding hydrogens is 252 g/mol. The van der Waals surface area contributed by atoms with Crippen LogP contribution < -0.4 is 10.1 Å². The van der Waals surface area contributed by atoms with Gasteiger partial charge in [-0.15, -0.1) is 0 Å². The summed E-state index contributed by atoms with van der Waals surface area (Å²) in [6, 6.07) is 10.0. The van der Waals surface area contributed by atoms with Gasteiger partial charge in [-0.1, -0.05) is 37.2 Å². The Morgan fingerprint density at radius 2 is 2.10 bits per heavy atom. The second kappa shape index (κ2) is 7.70. The van der Waals surface area contributed by atoms with Gasteiger partial charge in [0.25, 0.3) is 0 Å². The number of ether oxygens (including phenoxy) is 1. The summed E-state index contributed by atoms with van der Waals surface area (Å²) in [6.45, 7) is 6.40. The molecule has 4 heteroatoms. The van der Waals surface area contributed by atoms with E-state index in [-0.39, 0.29) is 0 Å². The smallest absolute Gasteiger partial charge is 0.174 e. The molecule has 0 unspecified atom stereocenters. The van der Waals surface area contributed by atoms with Crippen LogP contribution in [0.1, 0.15) is 37.3 Å². The van der Waals surface area contributed by atoms with Crippen LogP contribution in [-0.2, 0) is 19.6 Å². The third kappa shape index (κ3) is 4.10. The van der Waals surface area contributed by atoms with Crippen LogP contribution >= 0.6 is 0 Å². The molecule has 0 atom stereocenters. The quantitative estimate of drug-likeness (QED) is 0.750. The van der Waals surface area contributed by atoms with Gasteiger partial charge in [-0.05, 0) is 31.0 Å². The number of para-hydroxylation sites is 1. The molecule has 20 heavy (non-hydrogen) atoms. The zero-order valence-electron chi connectivity index (χ0n) is 12.2. The Balaban J connectivity index is 1.87. The number of rotatable bonds is 8. The predicted octanol–water partition coefficient (Wildman–Crippen LogP) is 3.32. The maximum Gasteiger partial charge on any atom is 0.174 e. The van der Waals surface area contributed by atoms with Crippen LogP contribution in [0, 0.1) is 0 Å². The summed E-state index contributed by atoms with van der Waals surface area (Å²) in [6.07, 6.45) is 2.07.